The number of rotatable bonds is 7. The Balaban J connectivity index is 1.39. The number of primary amides is 1. The highest BCUT2D eigenvalue weighted by atomic mass is 32.2. The fourth-order valence-electron chi connectivity index (χ4n) is 4.03. The molecule has 2 heterocycles. The van der Waals surface area contributed by atoms with E-state index in [9.17, 15) is 14.4 Å². The molecule has 3 aliphatic rings. The molecule has 26 heavy (non-hydrogen) atoms. The van der Waals surface area contributed by atoms with Crippen LogP contribution in [0, 0.1) is 0 Å². The molecule has 146 valence electrons. The Kier molecular flexibility index (Phi) is 5.96. The van der Waals surface area contributed by atoms with Gasteiger partial charge in [0.1, 0.15) is 0 Å². The number of unbranched alkanes of at least 4 members (excludes halogenated alkanes) is 1. The van der Waals surface area contributed by atoms with Crippen LogP contribution in [0.25, 0.3) is 0 Å². The van der Waals surface area contributed by atoms with Crippen LogP contribution in [0.3, 0.4) is 0 Å². The average molecular weight is 385 g/mol. The molecule has 3 atom stereocenters. The molecule has 0 aromatic rings. The predicted molar refractivity (Wildman–Crippen MR) is 98.4 cm³/mol. The van der Waals surface area contributed by atoms with E-state index in [-0.39, 0.29) is 36.5 Å². The normalized spacial score (nSPS) is 36.1. The molecule has 3 rings (SSSR count). The Morgan fingerprint density at radius 3 is 2.65 bits per heavy atom. The van der Waals surface area contributed by atoms with Gasteiger partial charge in [-0.05, 0) is 38.5 Å². The lowest BCUT2D eigenvalue weighted by Crippen LogP contribution is -2.51. The van der Waals surface area contributed by atoms with Crippen molar-refractivity contribution in [3.8, 4) is 0 Å². The van der Waals surface area contributed by atoms with Crippen molar-refractivity contribution < 1.29 is 19.1 Å². The van der Waals surface area contributed by atoms with Crippen molar-refractivity contribution in [1.82, 2.24) is 10.6 Å². The number of nitrogens with one attached hydrogen (secondary N) is 2. The first-order valence-corrected chi connectivity index (χ1v) is 10.4. The van der Waals surface area contributed by atoms with E-state index in [0.29, 0.717) is 37.4 Å². The van der Waals surface area contributed by atoms with E-state index in [4.69, 9.17) is 16.2 Å². The Labute approximate surface area is 157 Å². The average Bonchev–Trinajstić information content (AvgIpc) is 3.13. The molecule has 8 nitrogen and oxygen atoms in total. The van der Waals surface area contributed by atoms with E-state index in [1.165, 1.54) is 0 Å². The van der Waals surface area contributed by atoms with Gasteiger partial charge in [-0.3, -0.25) is 9.59 Å². The number of hydrogen-bond donors (Lipinski definition) is 4. The van der Waals surface area contributed by atoms with Gasteiger partial charge in [0.2, 0.25) is 0 Å². The van der Waals surface area contributed by atoms with Crippen molar-refractivity contribution in [1.29, 1.82) is 0 Å². The summed E-state index contributed by atoms with van der Waals surface area (Å²) in [5, 5.41) is 6.27. The largest absolute Gasteiger partial charge is 0.449 e. The third-order valence-corrected chi connectivity index (χ3v) is 7.16. The van der Waals surface area contributed by atoms with Gasteiger partial charge in [-0.2, -0.15) is 11.8 Å². The summed E-state index contributed by atoms with van der Waals surface area (Å²) in [6.45, 7) is 0. The third-order valence-electron chi connectivity index (χ3n) is 5.65. The van der Waals surface area contributed by atoms with Gasteiger partial charge >= 0.3 is 12.0 Å². The maximum atomic E-state index is 12.2. The zero-order valence-corrected chi connectivity index (χ0v) is 15.7. The molecular weight excluding hydrogens is 356 g/mol. The maximum Gasteiger partial charge on any atom is 0.315 e. The molecule has 6 N–H and O–H groups in total. The third kappa shape index (κ3) is 4.25. The van der Waals surface area contributed by atoms with Gasteiger partial charge in [-0.15, -0.1) is 0 Å². The Bertz CT molecular complexity index is 565. The second kappa shape index (κ2) is 8.04. The SMILES string of the molecule is NC(=O)C1(OC(=O)CCCCC2SCC3NC(=O)NC32)CCC(N)CC1. The van der Waals surface area contributed by atoms with Crippen LogP contribution < -0.4 is 22.1 Å². The minimum Gasteiger partial charge on any atom is -0.449 e. The minimum absolute atomic E-state index is 0.0412. The van der Waals surface area contributed by atoms with Crippen LogP contribution in [0.4, 0.5) is 4.79 Å². The molecule has 9 heteroatoms. The van der Waals surface area contributed by atoms with Crippen molar-refractivity contribution in [3.63, 3.8) is 0 Å². The quantitative estimate of drug-likeness (QED) is 0.285. The van der Waals surface area contributed by atoms with Gasteiger partial charge in [-0.1, -0.05) is 6.42 Å². The number of thioether (sulfide) groups is 1. The zero-order valence-electron chi connectivity index (χ0n) is 14.9. The first-order chi connectivity index (χ1) is 12.4. The molecular formula is C17H28N4O4S. The van der Waals surface area contributed by atoms with Crippen LogP contribution in [0.1, 0.15) is 51.4 Å². The summed E-state index contributed by atoms with van der Waals surface area (Å²) in [4.78, 5) is 35.4. The van der Waals surface area contributed by atoms with Gasteiger partial charge in [0.25, 0.3) is 5.91 Å². The van der Waals surface area contributed by atoms with Gasteiger partial charge < -0.3 is 26.8 Å². The molecule has 0 aromatic carbocycles. The molecule has 0 bridgehead atoms. The Hall–Kier alpha value is -1.48. The number of carbonyl (C=O) groups is 3. The second-order valence-electron chi connectivity index (χ2n) is 7.54. The Morgan fingerprint density at radius 2 is 1.96 bits per heavy atom. The van der Waals surface area contributed by atoms with Crippen LogP contribution in [0.5, 0.6) is 0 Å². The number of urea groups is 1. The first kappa shape index (κ1) is 19.3. The van der Waals surface area contributed by atoms with E-state index in [1.807, 2.05) is 11.8 Å². The van der Waals surface area contributed by atoms with Crippen molar-refractivity contribution >= 4 is 29.7 Å². The van der Waals surface area contributed by atoms with Gasteiger partial charge in [-0.25, -0.2) is 4.79 Å². The number of hydrogen-bond acceptors (Lipinski definition) is 6. The molecule has 1 aliphatic carbocycles. The van der Waals surface area contributed by atoms with Crippen LogP contribution in [-0.4, -0.2) is 52.6 Å². The van der Waals surface area contributed by atoms with E-state index < -0.39 is 11.5 Å². The van der Waals surface area contributed by atoms with Gasteiger partial charge in [0, 0.05) is 23.5 Å². The number of fused-ring (bicyclic) bond motifs is 1. The highest BCUT2D eigenvalue weighted by molar-refractivity contribution is 8.00. The summed E-state index contributed by atoms with van der Waals surface area (Å²) in [7, 11) is 0. The summed E-state index contributed by atoms with van der Waals surface area (Å²) in [5.41, 5.74) is 10.2. The van der Waals surface area contributed by atoms with E-state index in [2.05, 4.69) is 10.6 Å². The smallest absolute Gasteiger partial charge is 0.315 e. The monoisotopic (exact) mass is 384 g/mol. The standard InChI is InChI=1S/C17H28N4O4S/c18-10-5-7-17(8-6-10,15(19)23)25-13(22)4-2-1-3-12-14-11(9-26-12)20-16(24)21-14/h10-12,14H,1-9,18H2,(H2,19,23)(H2,20,21,24). The fourth-order valence-corrected chi connectivity index (χ4v) is 5.58. The molecule has 0 radical (unpaired) electrons. The summed E-state index contributed by atoms with van der Waals surface area (Å²) in [5.74, 6) is -0.0120. The number of amides is 3. The van der Waals surface area contributed by atoms with Gasteiger partial charge in [0.05, 0.1) is 12.1 Å². The molecule has 2 saturated heterocycles. The van der Waals surface area contributed by atoms with E-state index >= 15 is 0 Å². The number of esters is 1. The highest BCUT2D eigenvalue weighted by Crippen LogP contribution is 2.34. The van der Waals surface area contributed by atoms with Crippen molar-refractivity contribution in [3.05, 3.63) is 0 Å². The predicted octanol–water partition coefficient (Wildman–Crippen LogP) is 0.381. The molecule has 0 spiro atoms. The first-order valence-electron chi connectivity index (χ1n) is 9.35. The summed E-state index contributed by atoms with van der Waals surface area (Å²) in [6, 6.07) is 0.358. The summed E-state index contributed by atoms with van der Waals surface area (Å²) >= 11 is 1.86. The molecule has 1 saturated carbocycles. The highest BCUT2D eigenvalue weighted by Gasteiger charge is 2.44. The fraction of sp³-hybridized carbons (Fsp3) is 0.824. The van der Waals surface area contributed by atoms with E-state index in [1.54, 1.807) is 0 Å². The Morgan fingerprint density at radius 1 is 1.23 bits per heavy atom. The summed E-state index contributed by atoms with van der Waals surface area (Å²) < 4.78 is 5.50. The topological polar surface area (TPSA) is 137 Å². The molecule has 3 fully saturated rings. The number of carbonyl (C=O) groups excluding carboxylic acids is 3. The summed E-state index contributed by atoms with van der Waals surface area (Å²) in [6.07, 6.45) is 4.87. The number of ether oxygens (including phenoxy) is 1. The van der Waals surface area contributed by atoms with E-state index in [0.717, 1.165) is 18.6 Å². The van der Waals surface area contributed by atoms with Crippen molar-refractivity contribution in [2.24, 2.45) is 11.5 Å². The van der Waals surface area contributed by atoms with Crippen molar-refractivity contribution in [2.75, 3.05) is 5.75 Å². The lowest BCUT2D eigenvalue weighted by molar-refractivity contribution is -0.171. The van der Waals surface area contributed by atoms with Gasteiger partial charge in [0.15, 0.2) is 5.60 Å². The molecule has 3 unspecified atom stereocenters. The molecule has 2 aliphatic heterocycles. The lowest BCUT2D eigenvalue weighted by Gasteiger charge is -2.36. The molecule has 3 amide bonds. The second-order valence-corrected chi connectivity index (χ2v) is 8.81. The zero-order chi connectivity index (χ0) is 18.7. The van der Waals surface area contributed by atoms with Crippen LogP contribution >= 0.6 is 11.8 Å². The molecule has 0 aromatic heterocycles. The van der Waals surface area contributed by atoms with Crippen molar-refractivity contribution in [2.45, 2.75) is 80.3 Å². The van der Waals surface area contributed by atoms with Crippen LogP contribution in [-0.2, 0) is 14.3 Å². The number of nitrogens with two attached hydrogens (primary N) is 2. The minimum atomic E-state index is -1.18. The van der Waals surface area contributed by atoms with Crippen LogP contribution in [0.15, 0.2) is 0 Å². The van der Waals surface area contributed by atoms with Crippen LogP contribution in [0.2, 0.25) is 0 Å². The lowest BCUT2D eigenvalue weighted by atomic mass is 9.81. The maximum absolute atomic E-state index is 12.2.